The molecular formula is C13H18F2N2. The van der Waals surface area contributed by atoms with Crippen LogP contribution in [0.25, 0.3) is 0 Å². The Bertz CT molecular complexity index is 398. The number of rotatable bonds is 2. The van der Waals surface area contributed by atoms with E-state index in [1.807, 2.05) is 7.05 Å². The second-order valence-electron chi connectivity index (χ2n) is 4.76. The van der Waals surface area contributed by atoms with Gasteiger partial charge in [-0.05, 0) is 57.7 Å². The molecule has 0 saturated carbocycles. The molecule has 0 aliphatic carbocycles. The van der Waals surface area contributed by atoms with Crippen LogP contribution >= 0.6 is 0 Å². The summed E-state index contributed by atoms with van der Waals surface area (Å²) in [5.74, 6) is -1.55. The largest absolute Gasteiger partial charge is 0.310 e. The topological polar surface area (TPSA) is 15.3 Å². The van der Waals surface area contributed by atoms with Crippen LogP contribution in [-0.4, -0.2) is 32.1 Å². The van der Waals surface area contributed by atoms with Crippen molar-refractivity contribution in [1.29, 1.82) is 0 Å². The molecule has 4 heteroatoms. The quantitative estimate of drug-likeness (QED) is 0.851. The summed E-state index contributed by atoms with van der Waals surface area (Å²) < 4.78 is 26.3. The van der Waals surface area contributed by atoms with Crippen LogP contribution in [0.5, 0.6) is 0 Å². The third-order valence-electron chi connectivity index (χ3n) is 3.79. The number of benzene rings is 1. The van der Waals surface area contributed by atoms with Gasteiger partial charge in [-0.1, -0.05) is 6.07 Å². The van der Waals surface area contributed by atoms with Crippen LogP contribution in [0, 0.1) is 11.6 Å². The summed E-state index contributed by atoms with van der Waals surface area (Å²) in [6.07, 6.45) is 1.82. The minimum Gasteiger partial charge on any atom is -0.310 e. The molecule has 2 nitrogen and oxygen atoms in total. The molecule has 1 N–H and O–H groups in total. The van der Waals surface area contributed by atoms with Gasteiger partial charge >= 0.3 is 0 Å². The Morgan fingerprint density at radius 1 is 1.18 bits per heavy atom. The highest BCUT2D eigenvalue weighted by atomic mass is 19.2. The van der Waals surface area contributed by atoms with Crippen molar-refractivity contribution in [2.75, 3.05) is 27.2 Å². The summed E-state index contributed by atoms with van der Waals surface area (Å²) in [6, 6.07) is 4.21. The Morgan fingerprint density at radius 3 is 2.35 bits per heavy atom. The molecule has 0 spiro atoms. The fourth-order valence-electron chi connectivity index (χ4n) is 2.48. The fourth-order valence-corrected chi connectivity index (χ4v) is 2.48. The van der Waals surface area contributed by atoms with Gasteiger partial charge in [0.05, 0.1) is 0 Å². The second-order valence-corrected chi connectivity index (χ2v) is 4.76. The normalized spacial score (nSPS) is 20.5. The van der Waals surface area contributed by atoms with Crippen molar-refractivity contribution in [3.63, 3.8) is 0 Å². The maximum absolute atomic E-state index is 13.3. The van der Waals surface area contributed by atoms with Crippen LogP contribution < -0.4 is 5.32 Å². The van der Waals surface area contributed by atoms with E-state index in [1.165, 1.54) is 12.1 Å². The SMILES string of the molecule is CNC1(c2ccc(F)c(F)c2)CCN(C)CC1. The van der Waals surface area contributed by atoms with E-state index in [1.54, 1.807) is 6.07 Å². The van der Waals surface area contributed by atoms with Gasteiger partial charge in [0.25, 0.3) is 0 Å². The van der Waals surface area contributed by atoms with E-state index >= 15 is 0 Å². The van der Waals surface area contributed by atoms with Crippen LogP contribution in [0.4, 0.5) is 8.78 Å². The molecule has 1 saturated heterocycles. The van der Waals surface area contributed by atoms with Crippen LogP contribution in [0.3, 0.4) is 0 Å². The van der Waals surface area contributed by atoms with E-state index < -0.39 is 11.6 Å². The Hall–Kier alpha value is -1.00. The van der Waals surface area contributed by atoms with E-state index in [9.17, 15) is 8.78 Å². The summed E-state index contributed by atoms with van der Waals surface area (Å²) in [6.45, 7) is 1.92. The summed E-state index contributed by atoms with van der Waals surface area (Å²) in [4.78, 5) is 2.25. The standard InChI is InChI=1S/C13H18F2N2/c1-16-13(5-7-17(2)8-6-13)10-3-4-11(14)12(15)9-10/h3-4,9,16H,5-8H2,1-2H3. The average Bonchev–Trinajstić information content (AvgIpc) is 2.34. The number of nitrogens with one attached hydrogen (secondary N) is 1. The predicted molar refractivity (Wildman–Crippen MR) is 63.8 cm³/mol. The molecule has 1 fully saturated rings. The Kier molecular flexibility index (Phi) is 3.45. The van der Waals surface area contributed by atoms with Gasteiger partial charge in [-0.2, -0.15) is 0 Å². The summed E-state index contributed by atoms with van der Waals surface area (Å²) in [5.41, 5.74) is 0.619. The molecular weight excluding hydrogens is 222 g/mol. The lowest BCUT2D eigenvalue weighted by atomic mass is 9.81. The third-order valence-corrected chi connectivity index (χ3v) is 3.79. The molecule has 0 amide bonds. The van der Waals surface area contributed by atoms with E-state index in [-0.39, 0.29) is 5.54 Å². The maximum atomic E-state index is 13.3. The highest BCUT2D eigenvalue weighted by Crippen LogP contribution is 2.32. The molecule has 1 aliphatic rings. The second kappa shape index (κ2) is 4.70. The first-order valence-electron chi connectivity index (χ1n) is 5.90. The van der Waals surface area contributed by atoms with Crippen molar-refractivity contribution in [3.8, 4) is 0 Å². The Labute approximate surface area is 101 Å². The van der Waals surface area contributed by atoms with Gasteiger partial charge in [-0.25, -0.2) is 8.78 Å². The van der Waals surface area contributed by atoms with Crippen LogP contribution in [-0.2, 0) is 5.54 Å². The van der Waals surface area contributed by atoms with Gasteiger partial charge in [0.15, 0.2) is 11.6 Å². The fraction of sp³-hybridized carbons (Fsp3) is 0.538. The molecule has 2 rings (SSSR count). The first-order chi connectivity index (χ1) is 8.07. The van der Waals surface area contributed by atoms with Crippen LogP contribution in [0.2, 0.25) is 0 Å². The van der Waals surface area contributed by atoms with Gasteiger partial charge in [0.2, 0.25) is 0 Å². The van der Waals surface area contributed by atoms with Crippen molar-refractivity contribution < 1.29 is 8.78 Å². The van der Waals surface area contributed by atoms with E-state index in [4.69, 9.17) is 0 Å². The maximum Gasteiger partial charge on any atom is 0.159 e. The van der Waals surface area contributed by atoms with E-state index in [0.29, 0.717) is 0 Å². The number of piperidine rings is 1. The van der Waals surface area contributed by atoms with Crippen molar-refractivity contribution in [2.24, 2.45) is 0 Å². The van der Waals surface area contributed by atoms with Crippen LogP contribution in [0.1, 0.15) is 18.4 Å². The predicted octanol–water partition coefficient (Wildman–Crippen LogP) is 2.11. The van der Waals surface area contributed by atoms with E-state index in [2.05, 4.69) is 17.3 Å². The van der Waals surface area contributed by atoms with Gasteiger partial charge in [0.1, 0.15) is 0 Å². The van der Waals surface area contributed by atoms with Crippen LogP contribution in [0.15, 0.2) is 18.2 Å². The molecule has 0 bridgehead atoms. The van der Waals surface area contributed by atoms with Gasteiger partial charge in [-0.15, -0.1) is 0 Å². The third kappa shape index (κ3) is 2.33. The molecule has 17 heavy (non-hydrogen) atoms. The summed E-state index contributed by atoms with van der Waals surface area (Å²) in [7, 11) is 3.96. The number of nitrogens with zero attached hydrogens (tertiary/aromatic N) is 1. The lowest BCUT2D eigenvalue weighted by molar-refractivity contribution is 0.164. The molecule has 1 aliphatic heterocycles. The first-order valence-corrected chi connectivity index (χ1v) is 5.90. The number of hydrogen-bond acceptors (Lipinski definition) is 2. The lowest BCUT2D eigenvalue weighted by Crippen LogP contribution is -2.48. The zero-order chi connectivity index (χ0) is 12.5. The number of likely N-dealkylation sites (tertiary alicyclic amines) is 1. The molecule has 1 heterocycles. The minimum atomic E-state index is -0.784. The Balaban J connectivity index is 2.31. The lowest BCUT2D eigenvalue weighted by Gasteiger charge is -2.41. The van der Waals surface area contributed by atoms with Crippen molar-refractivity contribution in [1.82, 2.24) is 10.2 Å². The molecule has 0 aromatic heterocycles. The number of hydrogen-bond donors (Lipinski definition) is 1. The smallest absolute Gasteiger partial charge is 0.159 e. The monoisotopic (exact) mass is 240 g/mol. The summed E-state index contributed by atoms with van der Waals surface area (Å²) in [5, 5.41) is 3.29. The zero-order valence-corrected chi connectivity index (χ0v) is 10.3. The molecule has 0 atom stereocenters. The van der Waals surface area contributed by atoms with Gasteiger partial charge in [0, 0.05) is 5.54 Å². The van der Waals surface area contributed by atoms with Gasteiger partial charge in [-0.3, -0.25) is 0 Å². The zero-order valence-electron chi connectivity index (χ0n) is 10.3. The highest BCUT2D eigenvalue weighted by molar-refractivity contribution is 5.27. The molecule has 0 unspecified atom stereocenters. The molecule has 94 valence electrons. The summed E-state index contributed by atoms with van der Waals surface area (Å²) >= 11 is 0. The van der Waals surface area contributed by atoms with Crippen molar-refractivity contribution in [3.05, 3.63) is 35.4 Å². The van der Waals surface area contributed by atoms with Gasteiger partial charge < -0.3 is 10.2 Å². The minimum absolute atomic E-state index is 0.221. The Morgan fingerprint density at radius 2 is 1.82 bits per heavy atom. The van der Waals surface area contributed by atoms with E-state index in [0.717, 1.165) is 31.5 Å². The molecule has 1 aromatic carbocycles. The number of halogens is 2. The molecule has 0 radical (unpaired) electrons. The van der Waals surface area contributed by atoms with Crippen molar-refractivity contribution in [2.45, 2.75) is 18.4 Å². The average molecular weight is 240 g/mol. The first kappa shape index (κ1) is 12.5. The molecule has 1 aromatic rings. The highest BCUT2D eigenvalue weighted by Gasteiger charge is 2.34. The van der Waals surface area contributed by atoms with Crippen molar-refractivity contribution >= 4 is 0 Å².